The minimum atomic E-state index is -0.00592. The fraction of sp³-hybridized carbons (Fsp3) is 0.0526. The number of fused-ring (bicyclic) bond motifs is 2. The topological polar surface area (TPSA) is 45.8 Å². The zero-order valence-electron chi connectivity index (χ0n) is 12.5. The van der Waals surface area contributed by atoms with E-state index in [1.165, 1.54) is 0 Å². The molecule has 4 rings (SSSR count). The van der Waals surface area contributed by atoms with Gasteiger partial charge in [-0.3, -0.25) is 4.79 Å². The first-order valence-electron chi connectivity index (χ1n) is 7.36. The van der Waals surface area contributed by atoms with Crippen molar-refractivity contribution in [1.82, 2.24) is 9.97 Å². The van der Waals surface area contributed by atoms with Gasteiger partial charge in [-0.25, -0.2) is 4.98 Å². The van der Waals surface area contributed by atoms with Crippen LogP contribution in [0.25, 0.3) is 21.8 Å². The smallest absolute Gasteiger partial charge is 0.227 e. The maximum Gasteiger partial charge on any atom is 0.227 e. The molecule has 0 fully saturated rings. The number of benzene rings is 3. The van der Waals surface area contributed by atoms with Gasteiger partial charge >= 0.3 is 0 Å². The second-order valence-electron chi connectivity index (χ2n) is 5.51. The Kier molecular flexibility index (Phi) is 3.39. The molecule has 0 amide bonds. The van der Waals surface area contributed by atoms with Gasteiger partial charge in [-0.1, -0.05) is 54.1 Å². The summed E-state index contributed by atoms with van der Waals surface area (Å²) < 4.78 is 0. The SMILES string of the molecule is Cc1ccc(C(=O)Sc2nc3cc4ccccc4cc3[nH]2)cc1. The molecule has 0 atom stereocenters. The summed E-state index contributed by atoms with van der Waals surface area (Å²) in [6.07, 6.45) is 0. The van der Waals surface area contributed by atoms with Gasteiger partial charge in [-0.05, 0) is 41.6 Å². The van der Waals surface area contributed by atoms with Crippen LogP contribution in [0.15, 0.2) is 65.8 Å². The van der Waals surface area contributed by atoms with Crippen molar-refractivity contribution in [1.29, 1.82) is 0 Å². The van der Waals surface area contributed by atoms with Crippen molar-refractivity contribution in [2.45, 2.75) is 12.1 Å². The fourth-order valence-electron chi connectivity index (χ4n) is 2.56. The number of H-pyrrole nitrogens is 1. The first-order valence-corrected chi connectivity index (χ1v) is 8.18. The van der Waals surface area contributed by atoms with Gasteiger partial charge < -0.3 is 4.98 Å². The predicted octanol–water partition coefficient (Wildman–Crippen LogP) is 4.96. The molecule has 4 heteroatoms. The number of nitrogens with one attached hydrogen (secondary N) is 1. The molecule has 1 N–H and O–H groups in total. The Labute approximate surface area is 137 Å². The zero-order chi connectivity index (χ0) is 15.8. The van der Waals surface area contributed by atoms with Gasteiger partial charge in [0, 0.05) is 5.56 Å². The van der Waals surface area contributed by atoms with Gasteiger partial charge in [0.1, 0.15) is 0 Å². The summed E-state index contributed by atoms with van der Waals surface area (Å²) in [4.78, 5) is 20.1. The molecule has 0 saturated carbocycles. The lowest BCUT2D eigenvalue weighted by Crippen LogP contribution is -1.93. The molecule has 23 heavy (non-hydrogen) atoms. The lowest BCUT2D eigenvalue weighted by Gasteiger charge is -1.98. The van der Waals surface area contributed by atoms with E-state index >= 15 is 0 Å². The highest BCUT2D eigenvalue weighted by atomic mass is 32.2. The number of aromatic amines is 1. The Balaban J connectivity index is 1.67. The zero-order valence-corrected chi connectivity index (χ0v) is 13.4. The van der Waals surface area contributed by atoms with Crippen molar-refractivity contribution in [3.8, 4) is 0 Å². The first-order chi connectivity index (χ1) is 11.2. The van der Waals surface area contributed by atoms with E-state index in [4.69, 9.17) is 0 Å². The summed E-state index contributed by atoms with van der Waals surface area (Å²) in [6, 6.07) is 19.9. The van der Waals surface area contributed by atoms with Gasteiger partial charge in [0.05, 0.1) is 11.0 Å². The Morgan fingerprint density at radius 3 is 2.43 bits per heavy atom. The number of nitrogens with zero attached hydrogens (tertiary/aromatic N) is 1. The predicted molar refractivity (Wildman–Crippen MR) is 95.0 cm³/mol. The third kappa shape index (κ3) is 2.73. The average molecular weight is 318 g/mol. The number of carbonyl (C=O) groups excluding carboxylic acids is 1. The van der Waals surface area contributed by atoms with Crippen molar-refractivity contribution in [3.63, 3.8) is 0 Å². The Morgan fingerprint density at radius 1 is 1.00 bits per heavy atom. The van der Waals surface area contributed by atoms with Crippen molar-refractivity contribution >= 4 is 38.7 Å². The van der Waals surface area contributed by atoms with Crippen molar-refractivity contribution < 1.29 is 4.79 Å². The molecule has 0 aliphatic carbocycles. The Morgan fingerprint density at radius 2 is 1.70 bits per heavy atom. The van der Waals surface area contributed by atoms with Crippen molar-refractivity contribution in [3.05, 3.63) is 71.8 Å². The van der Waals surface area contributed by atoms with Gasteiger partial charge in [0.15, 0.2) is 5.16 Å². The van der Waals surface area contributed by atoms with Crippen LogP contribution in [-0.2, 0) is 0 Å². The van der Waals surface area contributed by atoms with Crippen LogP contribution in [0.3, 0.4) is 0 Å². The number of imidazole rings is 1. The third-order valence-electron chi connectivity index (χ3n) is 3.80. The number of aryl methyl sites for hydroxylation is 1. The highest BCUT2D eigenvalue weighted by Crippen LogP contribution is 2.26. The Hall–Kier alpha value is -2.59. The molecule has 0 spiro atoms. The number of rotatable bonds is 2. The molecule has 4 aromatic rings. The van der Waals surface area contributed by atoms with E-state index < -0.39 is 0 Å². The maximum absolute atomic E-state index is 12.3. The molecule has 112 valence electrons. The normalized spacial score (nSPS) is 11.2. The van der Waals surface area contributed by atoms with E-state index in [1.807, 2.05) is 49.4 Å². The van der Waals surface area contributed by atoms with Crippen LogP contribution in [0.1, 0.15) is 15.9 Å². The molecule has 0 saturated heterocycles. The van der Waals surface area contributed by atoms with Crippen LogP contribution in [0, 0.1) is 6.92 Å². The summed E-state index contributed by atoms with van der Waals surface area (Å²) >= 11 is 1.13. The standard InChI is InChI=1S/C19H14N2OS/c1-12-6-8-13(9-7-12)18(22)23-19-20-16-10-14-4-2-3-5-15(14)11-17(16)21-19/h2-11H,1H3,(H,20,21). The lowest BCUT2D eigenvalue weighted by atomic mass is 10.1. The van der Waals surface area contributed by atoms with Crippen LogP contribution in [0.2, 0.25) is 0 Å². The minimum Gasteiger partial charge on any atom is -0.333 e. The molecule has 1 heterocycles. The Bertz CT molecular complexity index is 966. The van der Waals surface area contributed by atoms with E-state index in [-0.39, 0.29) is 5.12 Å². The van der Waals surface area contributed by atoms with E-state index in [0.717, 1.165) is 39.1 Å². The molecule has 0 unspecified atom stereocenters. The van der Waals surface area contributed by atoms with Crippen LogP contribution < -0.4 is 0 Å². The van der Waals surface area contributed by atoms with Gasteiger partial charge in [0.25, 0.3) is 0 Å². The van der Waals surface area contributed by atoms with Gasteiger partial charge in [-0.15, -0.1) is 0 Å². The molecule has 0 aliphatic heterocycles. The molecule has 1 aromatic heterocycles. The van der Waals surface area contributed by atoms with Crippen LogP contribution in [0.4, 0.5) is 0 Å². The summed E-state index contributed by atoms with van der Waals surface area (Å²) in [6.45, 7) is 2.01. The van der Waals surface area contributed by atoms with E-state index in [2.05, 4.69) is 28.2 Å². The monoisotopic (exact) mass is 318 g/mol. The van der Waals surface area contributed by atoms with E-state index in [1.54, 1.807) is 0 Å². The number of hydrogen-bond acceptors (Lipinski definition) is 3. The molecular formula is C19H14N2OS. The number of carbonyl (C=O) groups is 1. The molecule has 3 nitrogen and oxygen atoms in total. The van der Waals surface area contributed by atoms with Gasteiger partial charge in [0.2, 0.25) is 5.12 Å². The number of thioether (sulfide) groups is 1. The summed E-state index contributed by atoms with van der Waals surface area (Å²) in [5, 5.41) is 2.92. The number of aromatic nitrogens is 2. The van der Waals surface area contributed by atoms with Gasteiger partial charge in [-0.2, -0.15) is 0 Å². The van der Waals surface area contributed by atoms with E-state index in [0.29, 0.717) is 10.7 Å². The largest absolute Gasteiger partial charge is 0.333 e. The highest BCUT2D eigenvalue weighted by molar-refractivity contribution is 8.14. The summed E-state index contributed by atoms with van der Waals surface area (Å²) in [5.41, 5.74) is 3.65. The molecular weight excluding hydrogens is 304 g/mol. The summed E-state index contributed by atoms with van der Waals surface area (Å²) in [5.74, 6) is 0. The fourth-order valence-corrected chi connectivity index (χ4v) is 3.29. The molecule has 0 bridgehead atoms. The molecule has 3 aromatic carbocycles. The van der Waals surface area contributed by atoms with Crippen LogP contribution >= 0.6 is 11.8 Å². The number of hydrogen-bond donors (Lipinski definition) is 1. The lowest BCUT2D eigenvalue weighted by molar-refractivity contribution is 0.108. The third-order valence-corrected chi connectivity index (χ3v) is 4.61. The minimum absolute atomic E-state index is 0.00592. The quantitative estimate of drug-likeness (QED) is 0.531. The van der Waals surface area contributed by atoms with E-state index in [9.17, 15) is 4.79 Å². The van der Waals surface area contributed by atoms with Crippen molar-refractivity contribution in [2.24, 2.45) is 0 Å². The van der Waals surface area contributed by atoms with Crippen molar-refractivity contribution in [2.75, 3.05) is 0 Å². The van der Waals surface area contributed by atoms with Crippen LogP contribution in [-0.4, -0.2) is 15.1 Å². The maximum atomic E-state index is 12.3. The second-order valence-corrected chi connectivity index (χ2v) is 6.48. The molecule has 0 radical (unpaired) electrons. The highest BCUT2D eigenvalue weighted by Gasteiger charge is 2.12. The average Bonchev–Trinajstić information content (AvgIpc) is 2.94. The second kappa shape index (κ2) is 5.56. The summed E-state index contributed by atoms with van der Waals surface area (Å²) in [7, 11) is 0. The molecule has 0 aliphatic rings. The van der Waals surface area contributed by atoms with Crippen LogP contribution in [0.5, 0.6) is 0 Å². The first kappa shape index (κ1) is 14.0.